The Balaban J connectivity index is 2.34. The maximum absolute atomic E-state index is 11.0. The molecule has 0 aliphatic carbocycles. The Hall–Kier alpha value is -2.70. The Labute approximate surface area is 108 Å². The van der Waals surface area contributed by atoms with Crippen LogP contribution in [0.1, 0.15) is 12.5 Å². The van der Waals surface area contributed by atoms with Crippen molar-refractivity contribution in [1.82, 2.24) is 9.78 Å². The lowest BCUT2D eigenvalue weighted by Crippen LogP contribution is -2.10. The smallest absolute Gasteiger partial charge is 0.350 e. The summed E-state index contributed by atoms with van der Waals surface area (Å²) >= 11 is 0. The third kappa shape index (κ3) is 2.95. The SMILES string of the molecule is CC(=O)Oc1c([N+](=O)[O-])cnn1Cc1ccccc1. The number of hydrogen-bond donors (Lipinski definition) is 0. The van der Waals surface area contributed by atoms with Crippen LogP contribution in [-0.2, 0) is 11.3 Å². The molecular weight excluding hydrogens is 250 g/mol. The maximum atomic E-state index is 11.0. The van der Waals surface area contributed by atoms with Gasteiger partial charge >= 0.3 is 17.5 Å². The first-order valence-electron chi connectivity index (χ1n) is 5.50. The average molecular weight is 261 g/mol. The standard InChI is InChI=1S/C12H11N3O4/c1-9(16)19-12-11(15(17)18)7-13-14(12)8-10-5-3-2-4-6-10/h2-7H,8H2,1H3. The lowest BCUT2D eigenvalue weighted by atomic mass is 10.2. The summed E-state index contributed by atoms with van der Waals surface area (Å²) < 4.78 is 6.16. The molecule has 0 N–H and O–H groups in total. The molecular formula is C12H11N3O4. The summed E-state index contributed by atoms with van der Waals surface area (Å²) in [5, 5.41) is 14.7. The van der Waals surface area contributed by atoms with Crippen LogP contribution in [0.15, 0.2) is 36.5 Å². The summed E-state index contributed by atoms with van der Waals surface area (Å²) in [5.74, 6) is -0.778. The van der Waals surface area contributed by atoms with Gasteiger partial charge in [0.1, 0.15) is 6.20 Å². The highest BCUT2D eigenvalue weighted by Gasteiger charge is 2.23. The summed E-state index contributed by atoms with van der Waals surface area (Å²) in [4.78, 5) is 21.2. The minimum absolute atomic E-state index is 0.152. The van der Waals surface area contributed by atoms with Gasteiger partial charge in [-0.1, -0.05) is 30.3 Å². The number of carbonyl (C=O) groups is 1. The van der Waals surface area contributed by atoms with E-state index in [0.29, 0.717) is 0 Å². The topological polar surface area (TPSA) is 87.3 Å². The Morgan fingerprint density at radius 2 is 2.11 bits per heavy atom. The van der Waals surface area contributed by atoms with Crippen LogP contribution in [0.25, 0.3) is 0 Å². The van der Waals surface area contributed by atoms with Crippen LogP contribution in [0.2, 0.25) is 0 Å². The largest absolute Gasteiger partial charge is 0.401 e. The Kier molecular flexibility index (Phi) is 3.56. The third-order valence-electron chi connectivity index (χ3n) is 2.39. The van der Waals surface area contributed by atoms with E-state index in [1.54, 1.807) is 0 Å². The van der Waals surface area contributed by atoms with Crippen molar-refractivity contribution < 1.29 is 14.5 Å². The number of aromatic nitrogens is 2. The van der Waals surface area contributed by atoms with E-state index < -0.39 is 10.9 Å². The van der Waals surface area contributed by atoms with Crippen LogP contribution in [0, 0.1) is 10.1 Å². The average Bonchev–Trinajstić information content (AvgIpc) is 2.73. The second kappa shape index (κ2) is 5.30. The van der Waals surface area contributed by atoms with E-state index in [-0.39, 0.29) is 18.1 Å². The molecule has 7 heteroatoms. The molecule has 19 heavy (non-hydrogen) atoms. The Morgan fingerprint density at radius 3 is 2.68 bits per heavy atom. The number of carbonyl (C=O) groups excluding carboxylic acids is 1. The first kappa shape index (κ1) is 12.7. The predicted molar refractivity (Wildman–Crippen MR) is 65.7 cm³/mol. The highest BCUT2D eigenvalue weighted by atomic mass is 16.6. The van der Waals surface area contributed by atoms with E-state index in [2.05, 4.69) is 5.10 Å². The highest BCUT2D eigenvalue weighted by molar-refractivity contribution is 5.70. The molecule has 0 atom stereocenters. The van der Waals surface area contributed by atoms with Gasteiger partial charge in [0, 0.05) is 6.92 Å². The molecule has 2 rings (SSSR count). The molecule has 0 aliphatic rings. The number of hydrogen-bond acceptors (Lipinski definition) is 5. The van der Waals surface area contributed by atoms with Crippen molar-refractivity contribution in [3.63, 3.8) is 0 Å². The molecule has 0 spiro atoms. The summed E-state index contributed by atoms with van der Waals surface area (Å²) in [6.45, 7) is 1.47. The molecule has 0 radical (unpaired) electrons. The number of ether oxygens (including phenoxy) is 1. The van der Waals surface area contributed by atoms with E-state index in [4.69, 9.17) is 4.74 Å². The van der Waals surface area contributed by atoms with Gasteiger partial charge in [-0.05, 0) is 5.56 Å². The van der Waals surface area contributed by atoms with Crippen LogP contribution >= 0.6 is 0 Å². The quantitative estimate of drug-likeness (QED) is 0.475. The maximum Gasteiger partial charge on any atom is 0.350 e. The van der Waals surface area contributed by atoms with Gasteiger partial charge in [0.25, 0.3) is 0 Å². The van der Waals surface area contributed by atoms with Crippen molar-refractivity contribution in [3.05, 3.63) is 52.2 Å². The molecule has 1 aromatic heterocycles. The molecule has 0 unspecified atom stereocenters. The van der Waals surface area contributed by atoms with E-state index >= 15 is 0 Å². The predicted octanol–water partition coefficient (Wildman–Crippen LogP) is 1.76. The molecule has 2 aromatic rings. The summed E-state index contributed by atoms with van der Waals surface area (Å²) in [6.07, 6.45) is 1.07. The van der Waals surface area contributed by atoms with Gasteiger partial charge in [0.15, 0.2) is 0 Å². The fourth-order valence-electron chi connectivity index (χ4n) is 1.60. The molecule has 0 saturated carbocycles. The van der Waals surface area contributed by atoms with Gasteiger partial charge < -0.3 is 4.74 Å². The minimum Gasteiger partial charge on any atom is -0.401 e. The number of rotatable bonds is 4. The van der Waals surface area contributed by atoms with E-state index in [0.717, 1.165) is 11.8 Å². The monoisotopic (exact) mass is 261 g/mol. The number of nitrogens with zero attached hydrogens (tertiary/aromatic N) is 3. The van der Waals surface area contributed by atoms with Crippen LogP contribution in [0.4, 0.5) is 5.69 Å². The van der Waals surface area contributed by atoms with Crippen LogP contribution in [0.3, 0.4) is 0 Å². The van der Waals surface area contributed by atoms with E-state index in [1.807, 2.05) is 30.3 Å². The van der Waals surface area contributed by atoms with Crippen molar-refractivity contribution in [1.29, 1.82) is 0 Å². The molecule has 98 valence electrons. The van der Waals surface area contributed by atoms with Crippen LogP contribution < -0.4 is 4.74 Å². The molecule has 0 fully saturated rings. The summed E-state index contributed by atoms with van der Waals surface area (Å²) in [6, 6.07) is 9.26. The number of benzene rings is 1. The first-order valence-corrected chi connectivity index (χ1v) is 5.50. The fourth-order valence-corrected chi connectivity index (χ4v) is 1.60. The normalized spacial score (nSPS) is 10.2. The van der Waals surface area contributed by atoms with Gasteiger partial charge in [0.2, 0.25) is 0 Å². The third-order valence-corrected chi connectivity index (χ3v) is 2.39. The fraction of sp³-hybridized carbons (Fsp3) is 0.167. The molecule has 1 heterocycles. The zero-order valence-electron chi connectivity index (χ0n) is 10.1. The Bertz CT molecular complexity index is 607. The van der Waals surface area contributed by atoms with Gasteiger partial charge in [-0.25, -0.2) is 4.68 Å². The molecule has 0 bridgehead atoms. The molecule has 1 aromatic carbocycles. The van der Waals surface area contributed by atoms with Crippen molar-refractivity contribution in [2.45, 2.75) is 13.5 Å². The summed E-state index contributed by atoms with van der Waals surface area (Å²) in [7, 11) is 0. The number of esters is 1. The molecule has 0 amide bonds. The van der Waals surface area contributed by atoms with Gasteiger partial charge in [-0.2, -0.15) is 5.10 Å². The van der Waals surface area contributed by atoms with Gasteiger partial charge in [0.05, 0.1) is 11.5 Å². The van der Waals surface area contributed by atoms with Crippen molar-refractivity contribution in [2.75, 3.05) is 0 Å². The van der Waals surface area contributed by atoms with Crippen LogP contribution in [-0.4, -0.2) is 20.7 Å². The molecule has 0 aliphatic heterocycles. The van der Waals surface area contributed by atoms with Gasteiger partial charge in [-0.3, -0.25) is 14.9 Å². The second-order valence-corrected chi connectivity index (χ2v) is 3.83. The lowest BCUT2D eigenvalue weighted by Gasteiger charge is -2.06. The molecule has 7 nitrogen and oxygen atoms in total. The number of nitro groups is 1. The van der Waals surface area contributed by atoms with E-state index in [1.165, 1.54) is 11.6 Å². The second-order valence-electron chi connectivity index (χ2n) is 3.83. The zero-order valence-corrected chi connectivity index (χ0v) is 10.1. The van der Waals surface area contributed by atoms with Crippen molar-refractivity contribution in [3.8, 4) is 5.88 Å². The summed E-state index contributed by atoms with van der Waals surface area (Å²) in [5.41, 5.74) is 0.569. The first-order chi connectivity index (χ1) is 9.08. The van der Waals surface area contributed by atoms with Crippen LogP contribution in [0.5, 0.6) is 5.88 Å². The lowest BCUT2D eigenvalue weighted by molar-refractivity contribution is -0.385. The highest BCUT2D eigenvalue weighted by Crippen LogP contribution is 2.27. The Morgan fingerprint density at radius 1 is 1.42 bits per heavy atom. The van der Waals surface area contributed by atoms with Crippen molar-refractivity contribution >= 4 is 11.7 Å². The van der Waals surface area contributed by atoms with Crippen molar-refractivity contribution in [2.24, 2.45) is 0 Å². The minimum atomic E-state index is -0.632. The molecule has 0 saturated heterocycles. The van der Waals surface area contributed by atoms with E-state index in [9.17, 15) is 14.9 Å². The zero-order chi connectivity index (χ0) is 13.8. The van der Waals surface area contributed by atoms with Gasteiger partial charge in [-0.15, -0.1) is 0 Å².